The van der Waals surface area contributed by atoms with Gasteiger partial charge in [0.2, 0.25) is 0 Å². The van der Waals surface area contributed by atoms with Crippen molar-refractivity contribution in [3.8, 4) is 11.5 Å². The highest BCUT2D eigenvalue weighted by Crippen LogP contribution is 2.37. The first kappa shape index (κ1) is 14.6. The van der Waals surface area contributed by atoms with Gasteiger partial charge in [-0.2, -0.15) is 0 Å². The van der Waals surface area contributed by atoms with E-state index >= 15 is 0 Å². The highest BCUT2D eigenvalue weighted by atomic mass is 79.9. The van der Waals surface area contributed by atoms with Crippen molar-refractivity contribution in [3.05, 3.63) is 69.1 Å². The van der Waals surface area contributed by atoms with E-state index in [4.69, 9.17) is 10.5 Å². The Morgan fingerprint density at radius 2 is 1.67 bits per heavy atom. The zero-order valence-corrected chi connectivity index (χ0v) is 14.3. The van der Waals surface area contributed by atoms with Gasteiger partial charge in [0.05, 0.1) is 4.47 Å². The van der Waals surface area contributed by atoms with E-state index in [-0.39, 0.29) is 0 Å². The Morgan fingerprint density at radius 1 is 0.857 bits per heavy atom. The Kier molecular flexibility index (Phi) is 4.29. The first-order valence-electron chi connectivity index (χ1n) is 6.53. The second-order valence-corrected chi connectivity index (χ2v) is 6.27. The van der Waals surface area contributed by atoms with E-state index in [1.54, 1.807) is 0 Å². The van der Waals surface area contributed by atoms with Gasteiger partial charge in [0.15, 0.2) is 0 Å². The third kappa shape index (κ3) is 2.84. The lowest BCUT2D eigenvalue weighted by atomic mass is 10.1. The minimum absolute atomic E-state index is 0.419. The molecule has 0 fully saturated rings. The minimum Gasteiger partial charge on any atom is -0.456 e. The summed E-state index contributed by atoms with van der Waals surface area (Å²) in [5.74, 6) is 1.55. The van der Waals surface area contributed by atoms with Crippen molar-refractivity contribution in [3.63, 3.8) is 0 Å². The molecule has 21 heavy (non-hydrogen) atoms. The predicted octanol–water partition coefficient (Wildman–Crippen LogP) is 5.62. The molecule has 0 aromatic heterocycles. The Labute approximate surface area is 140 Å². The van der Waals surface area contributed by atoms with Gasteiger partial charge in [-0.3, -0.25) is 0 Å². The lowest BCUT2D eigenvalue weighted by molar-refractivity contribution is 0.474. The van der Waals surface area contributed by atoms with Crippen molar-refractivity contribution in [2.24, 2.45) is 5.73 Å². The molecule has 0 saturated heterocycles. The fourth-order valence-corrected chi connectivity index (χ4v) is 3.33. The van der Waals surface area contributed by atoms with E-state index in [2.05, 4.69) is 50.1 Å². The SMILES string of the molecule is NCc1c(Br)cccc1Oc1ccc2ccccc2c1Br. The van der Waals surface area contributed by atoms with Gasteiger partial charge >= 0.3 is 0 Å². The number of hydrogen-bond donors (Lipinski definition) is 1. The highest BCUT2D eigenvalue weighted by molar-refractivity contribution is 9.11. The molecule has 0 amide bonds. The molecule has 0 aliphatic rings. The first-order valence-corrected chi connectivity index (χ1v) is 8.12. The molecule has 0 heterocycles. The Balaban J connectivity index is 2.07. The number of nitrogens with two attached hydrogens (primary N) is 1. The summed E-state index contributed by atoms with van der Waals surface area (Å²) in [6, 6.07) is 18.0. The number of rotatable bonds is 3. The van der Waals surface area contributed by atoms with Crippen LogP contribution in [-0.2, 0) is 6.54 Å². The quantitative estimate of drug-likeness (QED) is 0.612. The molecule has 0 bridgehead atoms. The van der Waals surface area contributed by atoms with Crippen molar-refractivity contribution in [1.29, 1.82) is 0 Å². The number of hydrogen-bond acceptors (Lipinski definition) is 2. The molecular weight excluding hydrogens is 394 g/mol. The van der Waals surface area contributed by atoms with Crippen LogP contribution in [0.5, 0.6) is 11.5 Å². The van der Waals surface area contributed by atoms with Crippen LogP contribution in [0.4, 0.5) is 0 Å². The molecule has 0 spiro atoms. The average Bonchev–Trinajstić information content (AvgIpc) is 2.50. The van der Waals surface area contributed by atoms with E-state index in [0.29, 0.717) is 6.54 Å². The molecule has 2 nitrogen and oxygen atoms in total. The normalized spacial score (nSPS) is 10.8. The van der Waals surface area contributed by atoms with Crippen LogP contribution in [0.3, 0.4) is 0 Å². The second kappa shape index (κ2) is 6.18. The molecule has 0 aliphatic carbocycles. The summed E-state index contributed by atoms with van der Waals surface area (Å²) in [4.78, 5) is 0. The van der Waals surface area contributed by atoms with Crippen molar-refractivity contribution in [2.75, 3.05) is 0 Å². The maximum atomic E-state index is 6.06. The molecule has 3 rings (SSSR count). The molecule has 0 saturated carbocycles. The summed E-state index contributed by atoms with van der Waals surface area (Å²) in [7, 11) is 0. The number of benzene rings is 3. The fraction of sp³-hybridized carbons (Fsp3) is 0.0588. The highest BCUT2D eigenvalue weighted by Gasteiger charge is 2.11. The number of ether oxygens (including phenoxy) is 1. The molecule has 0 aliphatic heterocycles. The largest absolute Gasteiger partial charge is 0.456 e. The summed E-state index contributed by atoms with van der Waals surface area (Å²) in [6.07, 6.45) is 0. The van der Waals surface area contributed by atoms with Gasteiger partial charge in [0.25, 0.3) is 0 Å². The smallest absolute Gasteiger partial charge is 0.142 e. The van der Waals surface area contributed by atoms with Gasteiger partial charge in [-0.1, -0.05) is 52.3 Å². The van der Waals surface area contributed by atoms with Crippen molar-refractivity contribution < 1.29 is 4.74 Å². The Hall–Kier alpha value is -1.36. The maximum absolute atomic E-state index is 6.06. The fourth-order valence-electron chi connectivity index (χ4n) is 2.24. The van der Waals surface area contributed by atoms with Gasteiger partial charge in [-0.15, -0.1) is 0 Å². The lowest BCUT2D eigenvalue weighted by Crippen LogP contribution is -2.00. The molecule has 4 heteroatoms. The van der Waals surface area contributed by atoms with Gasteiger partial charge in [0.1, 0.15) is 11.5 Å². The predicted molar refractivity (Wildman–Crippen MR) is 93.8 cm³/mol. The summed E-state index contributed by atoms with van der Waals surface area (Å²) in [5, 5.41) is 2.30. The van der Waals surface area contributed by atoms with E-state index in [1.807, 2.05) is 36.4 Å². The van der Waals surface area contributed by atoms with E-state index in [0.717, 1.165) is 31.4 Å². The zero-order chi connectivity index (χ0) is 14.8. The molecular formula is C17H13Br2NO. The van der Waals surface area contributed by atoms with Crippen molar-refractivity contribution in [2.45, 2.75) is 6.54 Å². The van der Waals surface area contributed by atoms with E-state index in [9.17, 15) is 0 Å². The Morgan fingerprint density at radius 3 is 2.48 bits per heavy atom. The topological polar surface area (TPSA) is 35.2 Å². The molecule has 0 atom stereocenters. The van der Waals surface area contributed by atoms with Crippen LogP contribution in [0.1, 0.15) is 5.56 Å². The van der Waals surface area contributed by atoms with Crippen molar-refractivity contribution >= 4 is 42.6 Å². The minimum atomic E-state index is 0.419. The van der Waals surface area contributed by atoms with Crippen LogP contribution < -0.4 is 10.5 Å². The van der Waals surface area contributed by atoms with Crippen LogP contribution in [0.15, 0.2) is 63.5 Å². The van der Waals surface area contributed by atoms with Crippen LogP contribution in [0.25, 0.3) is 10.8 Å². The van der Waals surface area contributed by atoms with Crippen LogP contribution in [0, 0.1) is 0 Å². The van der Waals surface area contributed by atoms with E-state index < -0.39 is 0 Å². The van der Waals surface area contributed by atoms with Crippen LogP contribution in [-0.4, -0.2) is 0 Å². The van der Waals surface area contributed by atoms with Gasteiger partial charge in [0, 0.05) is 16.6 Å². The van der Waals surface area contributed by atoms with Gasteiger partial charge in [-0.25, -0.2) is 0 Å². The molecule has 0 unspecified atom stereocenters. The molecule has 3 aromatic rings. The third-order valence-corrected chi connectivity index (χ3v) is 4.89. The van der Waals surface area contributed by atoms with Gasteiger partial charge in [-0.05, 0) is 44.9 Å². The summed E-state index contributed by atoms with van der Waals surface area (Å²) < 4.78 is 7.97. The molecule has 2 N–H and O–H groups in total. The van der Waals surface area contributed by atoms with E-state index in [1.165, 1.54) is 5.39 Å². The third-order valence-electron chi connectivity index (χ3n) is 3.33. The monoisotopic (exact) mass is 405 g/mol. The van der Waals surface area contributed by atoms with Crippen molar-refractivity contribution in [1.82, 2.24) is 0 Å². The number of halogens is 2. The van der Waals surface area contributed by atoms with Crippen LogP contribution >= 0.6 is 31.9 Å². The average molecular weight is 407 g/mol. The van der Waals surface area contributed by atoms with Crippen LogP contribution in [0.2, 0.25) is 0 Å². The molecule has 3 aromatic carbocycles. The molecule has 106 valence electrons. The zero-order valence-electron chi connectivity index (χ0n) is 11.1. The first-order chi connectivity index (χ1) is 10.2. The second-order valence-electron chi connectivity index (χ2n) is 4.62. The summed E-state index contributed by atoms with van der Waals surface area (Å²) in [5.41, 5.74) is 6.77. The van der Waals surface area contributed by atoms with Gasteiger partial charge < -0.3 is 10.5 Å². The maximum Gasteiger partial charge on any atom is 0.142 e. The standard InChI is InChI=1S/C17H13Br2NO/c18-14-6-3-7-15(13(14)10-20)21-16-9-8-11-4-1-2-5-12(11)17(16)19/h1-9H,10,20H2. The summed E-state index contributed by atoms with van der Waals surface area (Å²) in [6.45, 7) is 0.419. The molecule has 0 radical (unpaired) electrons. The Bertz CT molecular complexity index is 802. The lowest BCUT2D eigenvalue weighted by Gasteiger charge is -2.13. The summed E-state index contributed by atoms with van der Waals surface area (Å²) >= 11 is 7.14. The number of fused-ring (bicyclic) bond motifs is 1.